The minimum absolute atomic E-state index is 0.0426. The van der Waals surface area contributed by atoms with E-state index in [1.165, 1.54) is 19.3 Å². The van der Waals surface area contributed by atoms with Crippen molar-refractivity contribution >= 4 is 28.1 Å². The summed E-state index contributed by atoms with van der Waals surface area (Å²) in [7, 11) is 1.55. The van der Waals surface area contributed by atoms with E-state index >= 15 is 0 Å². The van der Waals surface area contributed by atoms with Gasteiger partial charge < -0.3 is 20.1 Å². The molecule has 7 heteroatoms. The lowest BCUT2D eigenvalue weighted by molar-refractivity contribution is 0.0929. The molecule has 0 radical (unpaired) electrons. The number of benzene rings is 1. The number of aromatic amines is 1. The largest absolute Gasteiger partial charge is 0.394 e. The van der Waals surface area contributed by atoms with Crippen LogP contribution in [0.15, 0.2) is 30.0 Å². The van der Waals surface area contributed by atoms with Crippen LogP contribution in [0.25, 0.3) is 21.3 Å². The number of nitrogens with zero attached hydrogens (tertiary/aromatic N) is 1. The van der Waals surface area contributed by atoms with Crippen LogP contribution in [0.2, 0.25) is 0 Å². The van der Waals surface area contributed by atoms with Crippen molar-refractivity contribution in [2.24, 2.45) is 0 Å². The molecule has 2 heterocycles. The molecule has 1 aliphatic carbocycles. The van der Waals surface area contributed by atoms with E-state index in [9.17, 15) is 4.79 Å². The number of thiazole rings is 1. The number of amides is 1. The fourth-order valence-electron chi connectivity index (χ4n) is 3.72. The van der Waals surface area contributed by atoms with Gasteiger partial charge in [-0.2, -0.15) is 0 Å². The molecule has 1 amide bonds. The Balaban J connectivity index is 0.000000432. The number of aryl methyl sites for hydroxylation is 1. The van der Waals surface area contributed by atoms with Crippen LogP contribution in [0.1, 0.15) is 61.9 Å². The second-order valence-corrected chi connectivity index (χ2v) is 8.19. The van der Waals surface area contributed by atoms with Crippen molar-refractivity contribution in [1.82, 2.24) is 15.3 Å². The number of carbonyl (C=O) groups is 1. The highest BCUT2D eigenvalue weighted by molar-refractivity contribution is 7.13. The van der Waals surface area contributed by atoms with Gasteiger partial charge in [0.25, 0.3) is 5.91 Å². The third-order valence-corrected chi connectivity index (χ3v) is 6.00. The maximum atomic E-state index is 13.0. The van der Waals surface area contributed by atoms with Gasteiger partial charge in [-0.1, -0.05) is 33.1 Å². The highest BCUT2D eigenvalue weighted by Gasteiger charge is 2.20. The van der Waals surface area contributed by atoms with Gasteiger partial charge in [-0.15, -0.1) is 11.3 Å². The van der Waals surface area contributed by atoms with Crippen molar-refractivity contribution in [2.45, 2.75) is 58.9 Å². The van der Waals surface area contributed by atoms with Crippen molar-refractivity contribution in [3.05, 3.63) is 41.2 Å². The number of carbonyl (C=O) groups excluding carboxylic acids is 1. The number of ether oxygens (including phenoxy) is 1. The number of nitrogens with one attached hydrogen (secondary N) is 2. The van der Waals surface area contributed by atoms with Gasteiger partial charge in [0, 0.05) is 42.0 Å². The van der Waals surface area contributed by atoms with Crippen molar-refractivity contribution < 1.29 is 14.6 Å². The van der Waals surface area contributed by atoms with Crippen LogP contribution in [-0.4, -0.2) is 47.3 Å². The molecule has 170 valence electrons. The smallest absolute Gasteiger partial charge is 0.252 e. The van der Waals surface area contributed by atoms with Crippen LogP contribution in [0.3, 0.4) is 0 Å². The van der Waals surface area contributed by atoms with E-state index in [0.29, 0.717) is 12.6 Å². The molecule has 0 bridgehead atoms. The minimum Gasteiger partial charge on any atom is -0.394 e. The predicted octanol–water partition coefficient (Wildman–Crippen LogP) is 5.31. The average Bonchev–Trinajstić information content (AvgIpc) is 3.47. The highest BCUT2D eigenvalue weighted by atomic mass is 32.1. The van der Waals surface area contributed by atoms with Gasteiger partial charge in [0.05, 0.1) is 23.6 Å². The monoisotopic (exact) mass is 445 g/mol. The van der Waals surface area contributed by atoms with Crippen molar-refractivity contribution in [3.8, 4) is 10.4 Å². The molecule has 4 rings (SSSR count). The number of H-pyrrole nitrogens is 1. The van der Waals surface area contributed by atoms with Crippen LogP contribution in [0.4, 0.5) is 0 Å². The Morgan fingerprint density at radius 3 is 2.61 bits per heavy atom. The van der Waals surface area contributed by atoms with Gasteiger partial charge in [-0.3, -0.25) is 9.78 Å². The lowest BCUT2D eigenvalue weighted by atomic mass is 9.94. The standard InChI is InChI=1S/C19H21N3OS.C3H8O2.C2H6/c1-12-9-21-16-8-13(17-10-20-11-24-17)7-15(18(12)16)19(23)22-14-5-3-2-4-6-14;1-5-3-2-4;1-2/h7-11,14,21H,2-6H2,1H3,(H,22,23);4H,2-3H2,1H3;1-2H3. The van der Waals surface area contributed by atoms with Gasteiger partial charge in [-0.25, -0.2) is 0 Å². The Morgan fingerprint density at radius 2 is 2.03 bits per heavy atom. The summed E-state index contributed by atoms with van der Waals surface area (Å²) in [4.78, 5) is 21.5. The fraction of sp³-hybridized carbons (Fsp3) is 0.500. The number of aliphatic hydroxyl groups excluding tert-OH is 1. The molecular formula is C24H35N3O3S. The first-order chi connectivity index (χ1) is 15.1. The summed E-state index contributed by atoms with van der Waals surface area (Å²) >= 11 is 1.59. The molecule has 0 aliphatic heterocycles. The summed E-state index contributed by atoms with van der Waals surface area (Å²) in [6.07, 6.45) is 9.72. The number of aliphatic hydroxyl groups is 1. The summed E-state index contributed by atoms with van der Waals surface area (Å²) in [5.41, 5.74) is 5.74. The number of rotatable bonds is 5. The van der Waals surface area contributed by atoms with Crippen LogP contribution >= 0.6 is 11.3 Å². The molecule has 1 aliphatic rings. The number of fused-ring (bicyclic) bond motifs is 1. The lowest BCUT2D eigenvalue weighted by Crippen LogP contribution is -2.36. The van der Waals surface area contributed by atoms with Crippen molar-refractivity contribution in [2.75, 3.05) is 20.3 Å². The zero-order valence-corrected chi connectivity index (χ0v) is 19.8. The highest BCUT2D eigenvalue weighted by Crippen LogP contribution is 2.31. The van der Waals surface area contributed by atoms with E-state index in [2.05, 4.69) is 26.1 Å². The zero-order valence-electron chi connectivity index (χ0n) is 19.0. The number of hydrogen-bond donors (Lipinski definition) is 3. The first kappa shape index (κ1) is 25.0. The van der Waals surface area contributed by atoms with Crippen LogP contribution in [0.5, 0.6) is 0 Å². The molecule has 2 aromatic heterocycles. The molecular weight excluding hydrogens is 410 g/mol. The van der Waals surface area contributed by atoms with E-state index in [4.69, 9.17) is 5.11 Å². The van der Waals surface area contributed by atoms with Gasteiger partial charge in [-0.05, 0) is 43.0 Å². The molecule has 0 atom stereocenters. The average molecular weight is 446 g/mol. The van der Waals surface area contributed by atoms with E-state index in [0.717, 1.165) is 45.3 Å². The maximum absolute atomic E-state index is 13.0. The molecule has 31 heavy (non-hydrogen) atoms. The molecule has 0 unspecified atom stereocenters. The molecule has 0 saturated heterocycles. The molecule has 3 aromatic rings. The Bertz CT molecular complexity index is 914. The molecule has 6 nitrogen and oxygen atoms in total. The fourth-order valence-corrected chi connectivity index (χ4v) is 4.33. The second kappa shape index (κ2) is 13.2. The molecule has 3 N–H and O–H groups in total. The summed E-state index contributed by atoms with van der Waals surface area (Å²) in [6.45, 7) is 6.61. The number of aromatic nitrogens is 2. The molecule has 1 saturated carbocycles. The van der Waals surface area contributed by atoms with E-state index in [-0.39, 0.29) is 12.5 Å². The first-order valence-corrected chi connectivity index (χ1v) is 11.9. The summed E-state index contributed by atoms with van der Waals surface area (Å²) in [5.74, 6) is 0.0426. The SMILES string of the molecule is CC.COCCO.Cc1c[nH]c2cc(-c3cncs3)cc(C(=O)NC3CCCCC3)c12. The Morgan fingerprint density at radius 1 is 1.29 bits per heavy atom. The third kappa shape index (κ3) is 6.89. The molecule has 0 spiro atoms. The quantitative estimate of drug-likeness (QED) is 0.496. The van der Waals surface area contributed by atoms with Gasteiger partial charge in [0.2, 0.25) is 0 Å². The van der Waals surface area contributed by atoms with Crippen molar-refractivity contribution in [3.63, 3.8) is 0 Å². The normalized spacial score (nSPS) is 13.7. The van der Waals surface area contributed by atoms with Gasteiger partial charge >= 0.3 is 0 Å². The van der Waals surface area contributed by atoms with Gasteiger partial charge in [0.15, 0.2) is 0 Å². The van der Waals surface area contributed by atoms with Crippen LogP contribution < -0.4 is 5.32 Å². The minimum atomic E-state index is 0.0426. The molecule has 1 fully saturated rings. The Kier molecular flexibility index (Phi) is 10.7. The summed E-state index contributed by atoms with van der Waals surface area (Å²) in [6, 6.07) is 4.43. The zero-order chi connectivity index (χ0) is 22.6. The van der Waals surface area contributed by atoms with Gasteiger partial charge in [0.1, 0.15) is 0 Å². The van der Waals surface area contributed by atoms with Crippen molar-refractivity contribution in [1.29, 1.82) is 0 Å². The maximum Gasteiger partial charge on any atom is 0.252 e. The topological polar surface area (TPSA) is 87.2 Å². The van der Waals surface area contributed by atoms with E-state index < -0.39 is 0 Å². The number of hydrogen-bond acceptors (Lipinski definition) is 5. The number of methoxy groups -OCH3 is 1. The predicted molar refractivity (Wildman–Crippen MR) is 129 cm³/mol. The van der Waals surface area contributed by atoms with Crippen LogP contribution in [0, 0.1) is 6.92 Å². The summed E-state index contributed by atoms with van der Waals surface area (Å²) < 4.78 is 4.44. The molecule has 1 aromatic carbocycles. The Hall–Kier alpha value is -2.22. The van der Waals surface area contributed by atoms with Crippen LogP contribution in [-0.2, 0) is 4.74 Å². The van der Waals surface area contributed by atoms with E-state index in [1.54, 1.807) is 18.4 Å². The second-order valence-electron chi connectivity index (χ2n) is 7.31. The Labute approximate surface area is 189 Å². The lowest BCUT2D eigenvalue weighted by Gasteiger charge is -2.23. The third-order valence-electron chi connectivity index (χ3n) is 5.17. The summed E-state index contributed by atoms with van der Waals surface area (Å²) in [5, 5.41) is 12.2. The first-order valence-electron chi connectivity index (χ1n) is 11.0. The van der Waals surface area contributed by atoms with E-state index in [1.807, 2.05) is 44.7 Å².